The lowest BCUT2D eigenvalue weighted by Crippen LogP contribution is -2.50. The van der Waals surface area contributed by atoms with Gasteiger partial charge in [0.2, 0.25) is 15.9 Å². The molecule has 0 saturated carbocycles. The smallest absolute Gasteiger partial charge is 0.243 e. The maximum Gasteiger partial charge on any atom is 0.243 e. The first-order valence-electron chi connectivity index (χ1n) is 10.6. The first-order valence-corrected chi connectivity index (χ1v) is 14.4. The topological polar surface area (TPSA) is 57.7 Å². The highest BCUT2D eigenvalue weighted by molar-refractivity contribution is 8.77. The van der Waals surface area contributed by atoms with E-state index < -0.39 is 10.0 Å². The van der Waals surface area contributed by atoms with Gasteiger partial charge in [0, 0.05) is 43.6 Å². The van der Waals surface area contributed by atoms with Crippen LogP contribution >= 0.6 is 21.6 Å². The average Bonchev–Trinajstić information content (AvgIpc) is 3.30. The van der Waals surface area contributed by atoms with Crippen molar-refractivity contribution in [2.45, 2.75) is 42.2 Å². The van der Waals surface area contributed by atoms with Gasteiger partial charge in [-0.3, -0.25) is 4.79 Å². The summed E-state index contributed by atoms with van der Waals surface area (Å²) in [6, 6.07) is 13.0. The standard InChI is InChI=1S/C22H28N2O3S3/c25-22(8-4-3-7-20-11-16-28-29-20)23-12-14-24(15-13-23)30(26,27)21-10-9-18-5-1-2-6-19(18)17-21/h1-2,5-6,9-10,17,20H,3-4,7-8,11-16H2. The number of hydrogen-bond acceptors (Lipinski definition) is 5. The summed E-state index contributed by atoms with van der Waals surface area (Å²) in [5, 5.41) is 2.70. The second-order valence-electron chi connectivity index (χ2n) is 7.87. The van der Waals surface area contributed by atoms with E-state index in [0.29, 0.717) is 37.5 Å². The molecule has 0 aliphatic carbocycles. The van der Waals surface area contributed by atoms with Gasteiger partial charge < -0.3 is 4.90 Å². The van der Waals surface area contributed by atoms with Crippen molar-refractivity contribution >= 4 is 48.3 Å². The van der Waals surface area contributed by atoms with Gasteiger partial charge in [0.15, 0.2) is 0 Å². The van der Waals surface area contributed by atoms with Crippen LogP contribution in [0.4, 0.5) is 0 Å². The highest BCUT2D eigenvalue weighted by Gasteiger charge is 2.30. The number of amides is 1. The first kappa shape index (κ1) is 22.0. The van der Waals surface area contributed by atoms with Crippen LogP contribution in [-0.2, 0) is 14.8 Å². The summed E-state index contributed by atoms with van der Waals surface area (Å²) in [4.78, 5) is 14.7. The van der Waals surface area contributed by atoms with Crippen LogP contribution in [0.3, 0.4) is 0 Å². The van der Waals surface area contributed by atoms with Crippen LogP contribution in [0.5, 0.6) is 0 Å². The highest BCUT2D eigenvalue weighted by atomic mass is 33.1. The SMILES string of the molecule is O=C(CCCCC1CCSS1)N1CCN(S(=O)(=O)c2ccc3ccccc3c2)CC1. The van der Waals surface area contributed by atoms with E-state index in [1.807, 2.05) is 56.8 Å². The average molecular weight is 465 g/mol. The van der Waals surface area contributed by atoms with Gasteiger partial charge in [-0.1, -0.05) is 58.3 Å². The Morgan fingerprint density at radius 3 is 2.50 bits per heavy atom. The number of benzene rings is 2. The Labute approximate surface area is 187 Å². The summed E-state index contributed by atoms with van der Waals surface area (Å²) in [5.41, 5.74) is 0. The third kappa shape index (κ3) is 5.15. The number of sulfonamides is 1. The quantitative estimate of drug-likeness (QED) is 0.449. The molecule has 0 aromatic heterocycles. The first-order chi connectivity index (χ1) is 14.5. The van der Waals surface area contributed by atoms with Gasteiger partial charge in [-0.05, 0) is 42.2 Å². The van der Waals surface area contributed by atoms with Crippen molar-refractivity contribution in [3.05, 3.63) is 42.5 Å². The van der Waals surface area contributed by atoms with Gasteiger partial charge in [0.1, 0.15) is 0 Å². The van der Waals surface area contributed by atoms with Crippen molar-refractivity contribution in [1.29, 1.82) is 0 Å². The third-order valence-electron chi connectivity index (χ3n) is 5.84. The number of unbranched alkanes of at least 4 members (excludes halogenated alkanes) is 1. The molecule has 2 heterocycles. The second-order valence-corrected chi connectivity index (χ2v) is 12.6. The number of rotatable bonds is 7. The lowest BCUT2D eigenvalue weighted by molar-refractivity contribution is -0.132. The van der Waals surface area contributed by atoms with E-state index in [4.69, 9.17) is 0 Å². The van der Waals surface area contributed by atoms with Crippen molar-refractivity contribution in [3.63, 3.8) is 0 Å². The fourth-order valence-corrected chi connectivity index (χ4v) is 8.51. The largest absolute Gasteiger partial charge is 0.340 e. The molecular weight excluding hydrogens is 436 g/mol. The maximum absolute atomic E-state index is 13.1. The summed E-state index contributed by atoms with van der Waals surface area (Å²) in [6.07, 6.45) is 5.08. The van der Waals surface area contributed by atoms with Crippen molar-refractivity contribution in [2.24, 2.45) is 0 Å². The lowest BCUT2D eigenvalue weighted by Gasteiger charge is -2.34. The Balaban J connectivity index is 1.28. The summed E-state index contributed by atoms with van der Waals surface area (Å²) < 4.78 is 27.6. The molecule has 5 nitrogen and oxygen atoms in total. The highest BCUT2D eigenvalue weighted by Crippen LogP contribution is 2.39. The van der Waals surface area contributed by atoms with E-state index >= 15 is 0 Å². The lowest BCUT2D eigenvalue weighted by atomic mass is 10.1. The Bertz CT molecular complexity index is 982. The van der Waals surface area contributed by atoms with E-state index in [1.165, 1.54) is 22.9 Å². The fourth-order valence-electron chi connectivity index (χ4n) is 4.03. The minimum atomic E-state index is -3.54. The van der Waals surface area contributed by atoms with E-state index in [2.05, 4.69) is 0 Å². The van der Waals surface area contributed by atoms with E-state index in [0.717, 1.165) is 28.9 Å². The molecule has 1 unspecified atom stereocenters. The monoisotopic (exact) mass is 464 g/mol. The number of carbonyl (C=O) groups is 1. The summed E-state index contributed by atoms with van der Waals surface area (Å²) in [5.74, 6) is 1.41. The zero-order valence-corrected chi connectivity index (χ0v) is 19.5. The Hall–Kier alpha value is -1.22. The molecule has 162 valence electrons. The van der Waals surface area contributed by atoms with E-state index in [1.54, 1.807) is 12.1 Å². The number of carbonyl (C=O) groups excluding carboxylic acids is 1. The zero-order chi connectivity index (χ0) is 21.0. The number of nitrogens with zero attached hydrogens (tertiary/aromatic N) is 2. The van der Waals surface area contributed by atoms with Crippen molar-refractivity contribution < 1.29 is 13.2 Å². The van der Waals surface area contributed by atoms with Gasteiger partial charge in [0.25, 0.3) is 0 Å². The summed E-state index contributed by atoms with van der Waals surface area (Å²) in [7, 11) is 0.405. The van der Waals surface area contributed by atoms with E-state index in [9.17, 15) is 13.2 Å². The van der Waals surface area contributed by atoms with Gasteiger partial charge in [0.05, 0.1) is 4.90 Å². The van der Waals surface area contributed by atoms with Crippen LogP contribution in [0.2, 0.25) is 0 Å². The number of hydrogen-bond donors (Lipinski definition) is 0. The van der Waals surface area contributed by atoms with Crippen LogP contribution in [0.15, 0.2) is 47.4 Å². The molecule has 0 N–H and O–H groups in total. The normalized spacial score (nSPS) is 20.7. The van der Waals surface area contributed by atoms with Crippen LogP contribution in [0, 0.1) is 0 Å². The van der Waals surface area contributed by atoms with Crippen molar-refractivity contribution in [2.75, 3.05) is 31.9 Å². The van der Waals surface area contributed by atoms with Crippen LogP contribution in [0.1, 0.15) is 32.1 Å². The van der Waals surface area contributed by atoms with Gasteiger partial charge in [-0.2, -0.15) is 4.31 Å². The molecule has 2 aromatic carbocycles. The van der Waals surface area contributed by atoms with Gasteiger partial charge in [-0.15, -0.1) is 0 Å². The van der Waals surface area contributed by atoms with Gasteiger partial charge >= 0.3 is 0 Å². The predicted octanol–water partition coefficient (Wildman–Crippen LogP) is 4.39. The molecule has 2 aromatic rings. The molecular formula is C22H28N2O3S3. The Morgan fingerprint density at radius 1 is 1.00 bits per heavy atom. The van der Waals surface area contributed by atoms with Crippen LogP contribution < -0.4 is 0 Å². The molecule has 30 heavy (non-hydrogen) atoms. The third-order valence-corrected chi connectivity index (χ3v) is 10.7. The minimum absolute atomic E-state index is 0.159. The van der Waals surface area contributed by atoms with Gasteiger partial charge in [-0.25, -0.2) is 8.42 Å². The molecule has 2 aliphatic heterocycles. The maximum atomic E-state index is 13.1. The Kier molecular flexibility index (Phi) is 7.28. The van der Waals surface area contributed by atoms with Crippen molar-refractivity contribution in [3.8, 4) is 0 Å². The zero-order valence-electron chi connectivity index (χ0n) is 17.0. The number of piperazine rings is 1. The molecule has 1 amide bonds. The molecule has 8 heteroatoms. The molecule has 1 atom stereocenters. The summed E-state index contributed by atoms with van der Waals surface area (Å²) in [6.45, 7) is 1.66. The molecule has 2 aliphatic rings. The van der Waals surface area contributed by atoms with Crippen molar-refractivity contribution in [1.82, 2.24) is 9.21 Å². The second kappa shape index (κ2) is 9.94. The van der Waals surface area contributed by atoms with E-state index in [-0.39, 0.29) is 5.91 Å². The summed E-state index contributed by atoms with van der Waals surface area (Å²) >= 11 is 0. The van der Waals surface area contributed by atoms with Crippen LogP contribution in [-0.4, -0.2) is 60.7 Å². The van der Waals surface area contributed by atoms with Crippen LogP contribution in [0.25, 0.3) is 10.8 Å². The molecule has 2 fully saturated rings. The molecule has 4 rings (SSSR count). The molecule has 0 radical (unpaired) electrons. The fraction of sp³-hybridized carbons (Fsp3) is 0.500. The molecule has 0 bridgehead atoms. The predicted molar refractivity (Wildman–Crippen MR) is 126 cm³/mol. The molecule has 2 saturated heterocycles. The molecule has 0 spiro atoms. The minimum Gasteiger partial charge on any atom is -0.340 e. The number of fused-ring (bicyclic) bond motifs is 1. The Morgan fingerprint density at radius 2 is 1.77 bits per heavy atom.